The second-order valence-corrected chi connectivity index (χ2v) is 5.66. The molecule has 1 fully saturated rings. The molecule has 5 nitrogen and oxygen atoms in total. The van der Waals surface area contributed by atoms with E-state index in [1.54, 1.807) is 22.3 Å². The number of rotatable bonds is 3. The van der Waals surface area contributed by atoms with Crippen LogP contribution in [0.2, 0.25) is 0 Å². The van der Waals surface area contributed by atoms with E-state index < -0.39 is 0 Å². The summed E-state index contributed by atoms with van der Waals surface area (Å²) in [6.45, 7) is 4.69. The molecule has 1 aliphatic rings. The van der Waals surface area contributed by atoms with Crippen LogP contribution in [0, 0.1) is 6.92 Å². The maximum Gasteiger partial charge on any atom is 0.247 e. The van der Waals surface area contributed by atoms with E-state index in [4.69, 9.17) is 9.84 Å². The number of aliphatic hydroxyl groups is 1. The quantitative estimate of drug-likeness (QED) is 0.843. The number of aromatic nitrogens is 1. The van der Waals surface area contributed by atoms with Crippen molar-refractivity contribution in [3.63, 3.8) is 0 Å². The minimum absolute atomic E-state index is 0.0251. The third kappa shape index (κ3) is 3.62. The van der Waals surface area contributed by atoms with E-state index in [1.807, 2.05) is 19.2 Å². The van der Waals surface area contributed by atoms with Crippen LogP contribution in [0.25, 0.3) is 6.08 Å². The Balaban J connectivity index is 2.00. The minimum atomic E-state index is -0.282. The Kier molecular flexibility index (Phi) is 4.68. The van der Waals surface area contributed by atoms with Crippen LogP contribution in [0.5, 0.6) is 0 Å². The molecule has 0 bridgehead atoms. The van der Waals surface area contributed by atoms with Gasteiger partial charge in [0, 0.05) is 18.0 Å². The maximum absolute atomic E-state index is 12.1. The van der Waals surface area contributed by atoms with Crippen molar-refractivity contribution in [3.05, 3.63) is 22.2 Å². The minimum Gasteiger partial charge on any atom is -0.394 e. The number of hydrogen-bond acceptors (Lipinski definition) is 5. The molecule has 19 heavy (non-hydrogen) atoms. The van der Waals surface area contributed by atoms with Gasteiger partial charge in [-0.05, 0) is 19.9 Å². The number of amides is 1. The zero-order chi connectivity index (χ0) is 13.8. The average molecular weight is 282 g/mol. The zero-order valence-corrected chi connectivity index (χ0v) is 11.9. The van der Waals surface area contributed by atoms with Gasteiger partial charge in [0.1, 0.15) is 0 Å². The third-order valence-corrected chi connectivity index (χ3v) is 3.82. The summed E-state index contributed by atoms with van der Waals surface area (Å²) in [5, 5.41) is 12.0. The lowest BCUT2D eigenvalue weighted by atomic mass is 10.2. The Morgan fingerprint density at radius 3 is 3.16 bits per heavy atom. The molecular formula is C13H18N2O3S. The third-order valence-electron chi connectivity index (χ3n) is 3.03. The van der Waals surface area contributed by atoms with Gasteiger partial charge in [-0.15, -0.1) is 11.3 Å². The van der Waals surface area contributed by atoms with Crippen LogP contribution < -0.4 is 0 Å². The summed E-state index contributed by atoms with van der Waals surface area (Å²) in [5.41, 5.74) is 0.801. The molecule has 2 atom stereocenters. The van der Waals surface area contributed by atoms with Gasteiger partial charge >= 0.3 is 0 Å². The number of carbonyl (C=O) groups is 1. The molecule has 0 saturated carbocycles. The van der Waals surface area contributed by atoms with Crippen molar-refractivity contribution in [1.29, 1.82) is 0 Å². The number of nitrogens with zero attached hydrogens (tertiary/aromatic N) is 2. The number of aliphatic hydroxyl groups excluding tert-OH is 1. The molecule has 2 rings (SSSR count). The van der Waals surface area contributed by atoms with E-state index in [0.717, 1.165) is 10.7 Å². The number of ether oxygens (including phenoxy) is 1. The van der Waals surface area contributed by atoms with Crippen molar-refractivity contribution in [2.45, 2.75) is 26.0 Å². The second kappa shape index (κ2) is 6.27. The second-order valence-electron chi connectivity index (χ2n) is 4.60. The molecule has 2 unspecified atom stereocenters. The maximum atomic E-state index is 12.1. The standard InChI is InChI=1S/C13H18N2O3S/c1-9-7-18-12(6-16)5-15(9)13(17)4-3-11-8-19-10(2)14-11/h3-4,8-9,12,16H,5-7H2,1-2H3/b4-3+. The lowest BCUT2D eigenvalue weighted by Gasteiger charge is -2.36. The van der Waals surface area contributed by atoms with Crippen molar-refractivity contribution in [3.8, 4) is 0 Å². The van der Waals surface area contributed by atoms with Crippen molar-refractivity contribution in [1.82, 2.24) is 9.88 Å². The van der Waals surface area contributed by atoms with Gasteiger partial charge in [0.05, 0.1) is 36.1 Å². The van der Waals surface area contributed by atoms with Crippen molar-refractivity contribution in [2.24, 2.45) is 0 Å². The molecule has 1 aromatic rings. The van der Waals surface area contributed by atoms with Gasteiger partial charge in [-0.25, -0.2) is 4.98 Å². The first-order valence-corrected chi connectivity index (χ1v) is 7.11. The topological polar surface area (TPSA) is 62.7 Å². The van der Waals surface area contributed by atoms with Crippen molar-refractivity contribution in [2.75, 3.05) is 19.8 Å². The summed E-state index contributed by atoms with van der Waals surface area (Å²) in [7, 11) is 0. The number of morpholine rings is 1. The Labute approximate surface area is 116 Å². The number of thiazole rings is 1. The van der Waals surface area contributed by atoms with Crippen LogP contribution in [0.15, 0.2) is 11.5 Å². The fourth-order valence-electron chi connectivity index (χ4n) is 1.94. The van der Waals surface area contributed by atoms with Gasteiger partial charge in [-0.3, -0.25) is 4.79 Å². The first kappa shape index (κ1) is 14.2. The summed E-state index contributed by atoms with van der Waals surface area (Å²) in [4.78, 5) is 18.1. The summed E-state index contributed by atoms with van der Waals surface area (Å²) in [5.74, 6) is -0.0695. The molecule has 1 amide bonds. The SMILES string of the molecule is Cc1nc(/C=C/C(=O)N2CC(CO)OCC2C)cs1. The van der Waals surface area contributed by atoms with Crippen LogP contribution in [0.1, 0.15) is 17.6 Å². The van der Waals surface area contributed by atoms with E-state index >= 15 is 0 Å². The zero-order valence-electron chi connectivity index (χ0n) is 11.1. The highest BCUT2D eigenvalue weighted by Crippen LogP contribution is 2.13. The largest absolute Gasteiger partial charge is 0.394 e. The van der Waals surface area contributed by atoms with Crippen LogP contribution in [-0.4, -0.2) is 52.8 Å². The molecule has 1 N–H and O–H groups in total. The van der Waals surface area contributed by atoms with Crippen LogP contribution in [0.3, 0.4) is 0 Å². The van der Waals surface area contributed by atoms with Gasteiger partial charge in [0.2, 0.25) is 5.91 Å². The molecule has 1 aromatic heterocycles. The normalized spacial score (nSPS) is 24.1. The van der Waals surface area contributed by atoms with Crippen LogP contribution >= 0.6 is 11.3 Å². The summed E-state index contributed by atoms with van der Waals surface area (Å²) >= 11 is 1.56. The Morgan fingerprint density at radius 2 is 2.53 bits per heavy atom. The van der Waals surface area contributed by atoms with Gasteiger partial charge < -0.3 is 14.7 Å². The molecular weight excluding hydrogens is 264 g/mol. The molecule has 104 valence electrons. The number of carbonyl (C=O) groups excluding carboxylic acids is 1. The van der Waals surface area contributed by atoms with Gasteiger partial charge in [0.15, 0.2) is 0 Å². The molecule has 6 heteroatoms. The van der Waals surface area contributed by atoms with E-state index in [-0.39, 0.29) is 24.7 Å². The van der Waals surface area contributed by atoms with Gasteiger partial charge in [-0.1, -0.05) is 0 Å². The first-order valence-electron chi connectivity index (χ1n) is 6.23. The van der Waals surface area contributed by atoms with Crippen LogP contribution in [0.4, 0.5) is 0 Å². The van der Waals surface area contributed by atoms with E-state index in [0.29, 0.717) is 13.2 Å². The number of aryl methyl sites for hydroxylation is 1. The monoisotopic (exact) mass is 282 g/mol. The van der Waals surface area contributed by atoms with E-state index in [1.165, 1.54) is 6.08 Å². The highest BCUT2D eigenvalue weighted by Gasteiger charge is 2.27. The highest BCUT2D eigenvalue weighted by atomic mass is 32.1. The van der Waals surface area contributed by atoms with E-state index in [2.05, 4.69) is 4.98 Å². The fourth-order valence-corrected chi connectivity index (χ4v) is 2.52. The van der Waals surface area contributed by atoms with Crippen molar-refractivity contribution < 1.29 is 14.6 Å². The Morgan fingerprint density at radius 1 is 1.74 bits per heavy atom. The summed E-state index contributed by atoms with van der Waals surface area (Å²) < 4.78 is 5.41. The predicted octanol–water partition coefficient (Wildman–Crippen LogP) is 1.07. The van der Waals surface area contributed by atoms with Crippen LogP contribution in [-0.2, 0) is 9.53 Å². The van der Waals surface area contributed by atoms with E-state index in [9.17, 15) is 4.79 Å². The predicted molar refractivity (Wildman–Crippen MR) is 73.9 cm³/mol. The van der Waals surface area contributed by atoms with Gasteiger partial charge in [-0.2, -0.15) is 0 Å². The Hall–Kier alpha value is -1.24. The Bertz CT molecular complexity index is 472. The molecule has 0 aromatic carbocycles. The highest BCUT2D eigenvalue weighted by molar-refractivity contribution is 7.09. The fraction of sp³-hybridized carbons (Fsp3) is 0.538. The molecule has 1 aliphatic heterocycles. The number of hydrogen-bond donors (Lipinski definition) is 1. The molecule has 0 aliphatic carbocycles. The molecule has 0 spiro atoms. The lowest BCUT2D eigenvalue weighted by Crippen LogP contribution is -2.51. The molecule has 0 radical (unpaired) electrons. The smallest absolute Gasteiger partial charge is 0.247 e. The van der Waals surface area contributed by atoms with Crippen molar-refractivity contribution >= 4 is 23.3 Å². The molecule has 2 heterocycles. The molecule has 1 saturated heterocycles. The first-order chi connectivity index (χ1) is 9.10. The summed E-state index contributed by atoms with van der Waals surface area (Å²) in [6, 6.07) is 0.0251. The van der Waals surface area contributed by atoms with Gasteiger partial charge in [0.25, 0.3) is 0 Å². The lowest BCUT2D eigenvalue weighted by molar-refractivity contribution is -0.140. The summed E-state index contributed by atoms with van der Waals surface area (Å²) in [6.07, 6.45) is 2.97. The average Bonchev–Trinajstić information content (AvgIpc) is 2.82.